The van der Waals surface area contributed by atoms with Gasteiger partial charge in [-0.25, -0.2) is 15.0 Å². The molecule has 104 valence electrons. The summed E-state index contributed by atoms with van der Waals surface area (Å²) in [6, 6.07) is 5.19. The molecule has 2 rings (SSSR count). The average Bonchev–Trinajstić information content (AvgIpc) is 2.52. The SMILES string of the molecule is CCCNc1cc(C(=O)NCc2ccncn2)ccn1. The van der Waals surface area contributed by atoms with Crippen LogP contribution in [0.4, 0.5) is 5.82 Å². The number of pyridine rings is 1. The van der Waals surface area contributed by atoms with Crippen LogP contribution < -0.4 is 10.6 Å². The van der Waals surface area contributed by atoms with Gasteiger partial charge in [-0.15, -0.1) is 0 Å². The molecule has 0 aliphatic rings. The van der Waals surface area contributed by atoms with Crippen LogP contribution in [0.25, 0.3) is 0 Å². The topological polar surface area (TPSA) is 79.8 Å². The van der Waals surface area contributed by atoms with Crippen LogP contribution in [0.5, 0.6) is 0 Å². The van der Waals surface area contributed by atoms with Crippen molar-refractivity contribution in [2.45, 2.75) is 19.9 Å². The van der Waals surface area contributed by atoms with Crippen molar-refractivity contribution in [3.8, 4) is 0 Å². The Morgan fingerprint density at radius 1 is 1.25 bits per heavy atom. The number of anilines is 1. The number of hydrogen-bond acceptors (Lipinski definition) is 5. The van der Waals surface area contributed by atoms with Crippen molar-refractivity contribution in [2.24, 2.45) is 0 Å². The highest BCUT2D eigenvalue weighted by atomic mass is 16.1. The van der Waals surface area contributed by atoms with E-state index in [0.29, 0.717) is 17.9 Å². The second kappa shape index (κ2) is 7.18. The standard InChI is InChI=1S/C14H17N5O/c1-2-5-16-13-8-11(3-7-17-13)14(20)18-9-12-4-6-15-10-19-12/h3-4,6-8,10H,2,5,9H2,1H3,(H,16,17)(H,18,20). The molecule has 2 N–H and O–H groups in total. The van der Waals surface area contributed by atoms with Gasteiger partial charge >= 0.3 is 0 Å². The summed E-state index contributed by atoms with van der Waals surface area (Å²) in [4.78, 5) is 24.1. The summed E-state index contributed by atoms with van der Waals surface area (Å²) in [6.45, 7) is 3.28. The van der Waals surface area contributed by atoms with Crippen molar-refractivity contribution in [3.05, 3.63) is 48.2 Å². The first kappa shape index (κ1) is 13.9. The van der Waals surface area contributed by atoms with Crippen LogP contribution in [-0.2, 0) is 6.54 Å². The van der Waals surface area contributed by atoms with E-state index in [2.05, 4.69) is 32.5 Å². The minimum atomic E-state index is -0.148. The van der Waals surface area contributed by atoms with Gasteiger partial charge in [0.05, 0.1) is 12.2 Å². The van der Waals surface area contributed by atoms with E-state index in [-0.39, 0.29) is 5.91 Å². The van der Waals surface area contributed by atoms with Gasteiger partial charge in [0.25, 0.3) is 5.91 Å². The molecule has 0 unspecified atom stereocenters. The van der Waals surface area contributed by atoms with Crippen LogP contribution in [0, 0.1) is 0 Å². The molecule has 2 aromatic rings. The predicted octanol–water partition coefficient (Wildman–Crippen LogP) is 1.62. The van der Waals surface area contributed by atoms with Gasteiger partial charge in [0.2, 0.25) is 0 Å². The Balaban J connectivity index is 1.95. The molecule has 2 heterocycles. The summed E-state index contributed by atoms with van der Waals surface area (Å²) in [5, 5.41) is 5.97. The first-order valence-electron chi connectivity index (χ1n) is 6.52. The fourth-order valence-corrected chi connectivity index (χ4v) is 1.62. The lowest BCUT2D eigenvalue weighted by atomic mass is 10.2. The van der Waals surface area contributed by atoms with Crippen molar-refractivity contribution in [1.82, 2.24) is 20.3 Å². The maximum absolute atomic E-state index is 12.0. The molecule has 1 amide bonds. The van der Waals surface area contributed by atoms with Gasteiger partial charge in [-0.05, 0) is 24.6 Å². The third kappa shape index (κ3) is 4.01. The van der Waals surface area contributed by atoms with E-state index in [4.69, 9.17) is 0 Å². The number of carbonyl (C=O) groups excluding carboxylic acids is 1. The van der Waals surface area contributed by atoms with E-state index in [0.717, 1.165) is 18.7 Å². The fraction of sp³-hybridized carbons (Fsp3) is 0.286. The summed E-state index contributed by atoms with van der Waals surface area (Å²) < 4.78 is 0. The van der Waals surface area contributed by atoms with Crippen molar-refractivity contribution in [1.29, 1.82) is 0 Å². The third-order valence-electron chi connectivity index (χ3n) is 2.65. The first-order valence-corrected chi connectivity index (χ1v) is 6.52. The molecule has 0 saturated heterocycles. The van der Waals surface area contributed by atoms with Gasteiger partial charge in [0, 0.05) is 24.5 Å². The number of rotatable bonds is 6. The lowest BCUT2D eigenvalue weighted by Gasteiger charge is -2.07. The second-order valence-electron chi connectivity index (χ2n) is 4.24. The first-order chi connectivity index (χ1) is 9.79. The minimum Gasteiger partial charge on any atom is -0.370 e. The lowest BCUT2D eigenvalue weighted by molar-refractivity contribution is 0.0950. The summed E-state index contributed by atoms with van der Waals surface area (Å²) >= 11 is 0. The molecule has 0 saturated carbocycles. The van der Waals surface area contributed by atoms with Gasteiger partial charge in [-0.3, -0.25) is 4.79 Å². The molecule has 0 aliphatic heterocycles. The van der Waals surface area contributed by atoms with Crippen LogP contribution in [0.2, 0.25) is 0 Å². The molecule has 6 heteroatoms. The Kier molecular flexibility index (Phi) is 5.00. The van der Waals surface area contributed by atoms with Crippen molar-refractivity contribution in [3.63, 3.8) is 0 Å². The van der Waals surface area contributed by atoms with E-state index in [1.165, 1.54) is 6.33 Å². The Bertz CT molecular complexity index is 559. The van der Waals surface area contributed by atoms with E-state index in [9.17, 15) is 4.79 Å². The number of nitrogens with one attached hydrogen (secondary N) is 2. The molecular weight excluding hydrogens is 254 g/mol. The molecule has 6 nitrogen and oxygen atoms in total. The van der Waals surface area contributed by atoms with Crippen molar-refractivity contribution in [2.75, 3.05) is 11.9 Å². The van der Waals surface area contributed by atoms with Crippen molar-refractivity contribution < 1.29 is 4.79 Å². The van der Waals surface area contributed by atoms with E-state index in [1.54, 1.807) is 30.6 Å². The van der Waals surface area contributed by atoms with Crippen LogP contribution in [0.1, 0.15) is 29.4 Å². The molecule has 20 heavy (non-hydrogen) atoms. The zero-order valence-electron chi connectivity index (χ0n) is 11.3. The van der Waals surface area contributed by atoms with E-state index in [1.807, 2.05) is 0 Å². The summed E-state index contributed by atoms with van der Waals surface area (Å²) in [5.41, 5.74) is 1.35. The van der Waals surface area contributed by atoms with Crippen LogP contribution >= 0.6 is 0 Å². The van der Waals surface area contributed by atoms with E-state index >= 15 is 0 Å². The lowest BCUT2D eigenvalue weighted by Crippen LogP contribution is -2.23. The quantitative estimate of drug-likeness (QED) is 0.834. The monoisotopic (exact) mass is 271 g/mol. The predicted molar refractivity (Wildman–Crippen MR) is 76.2 cm³/mol. The summed E-state index contributed by atoms with van der Waals surface area (Å²) in [6.07, 6.45) is 5.73. The number of carbonyl (C=O) groups is 1. The van der Waals surface area contributed by atoms with Crippen LogP contribution in [0.3, 0.4) is 0 Å². The zero-order chi connectivity index (χ0) is 14.2. The highest BCUT2D eigenvalue weighted by molar-refractivity contribution is 5.94. The van der Waals surface area contributed by atoms with Gasteiger partial charge in [-0.1, -0.05) is 6.92 Å². The number of amides is 1. The third-order valence-corrected chi connectivity index (χ3v) is 2.65. The van der Waals surface area contributed by atoms with E-state index < -0.39 is 0 Å². The highest BCUT2D eigenvalue weighted by Gasteiger charge is 2.06. The van der Waals surface area contributed by atoms with Gasteiger partial charge in [0.15, 0.2) is 0 Å². The van der Waals surface area contributed by atoms with Gasteiger partial charge < -0.3 is 10.6 Å². The molecule has 0 aliphatic carbocycles. The molecule has 0 spiro atoms. The number of aromatic nitrogens is 3. The van der Waals surface area contributed by atoms with Crippen molar-refractivity contribution >= 4 is 11.7 Å². The smallest absolute Gasteiger partial charge is 0.251 e. The Hall–Kier alpha value is -2.50. The normalized spacial score (nSPS) is 10.1. The zero-order valence-corrected chi connectivity index (χ0v) is 11.3. The average molecular weight is 271 g/mol. The van der Waals surface area contributed by atoms with Crippen LogP contribution in [-0.4, -0.2) is 27.4 Å². The molecule has 0 radical (unpaired) electrons. The Morgan fingerprint density at radius 3 is 2.90 bits per heavy atom. The maximum atomic E-state index is 12.0. The molecule has 0 fully saturated rings. The summed E-state index contributed by atoms with van der Waals surface area (Å²) in [7, 11) is 0. The van der Waals surface area contributed by atoms with Gasteiger partial charge in [0.1, 0.15) is 12.1 Å². The molecular formula is C14H17N5O. The maximum Gasteiger partial charge on any atom is 0.251 e. The second-order valence-corrected chi connectivity index (χ2v) is 4.24. The minimum absolute atomic E-state index is 0.148. The van der Waals surface area contributed by atoms with Crippen LogP contribution in [0.15, 0.2) is 36.9 Å². The Labute approximate surface area is 117 Å². The molecule has 2 aromatic heterocycles. The molecule has 0 atom stereocenters. The highest BCUT2D eigenvalue weighted by Crippen LogP contribution is 2.07. The molecule has 0 aromatic carbocycles. The number of nitrogens with zero attached hydrogens (tertiary/aromatic N) is 3. The van der Waals surface area contributed by atoms with Gasteiger partial charge in [-0.2, -0.15) is 0 Å². The fourth-order valence-electron chi connectivity index (χ4n) is 1.62. The largest absolute Gasteiger partial charge is 0.370 e. The number of hydrogen-bond donors (Lipinski definition) is 2. The molecule has 0 bridgehead atoms. The Morgan fingerprint density at radius 2 is 2.15 bits per heavy atom. The summed E-state index contributed by atoms with van der Waals surface area (Å²) in [5.74, 6) is 0.562.